The third-order valence-electron chi connectivity index (χ3n) is 11.3. The third-order valence-corrected chi connectivity index (χ3v) is 11.3. The van der Waals surface area contributed by atoms with Crippen LogP contribution >= 0.6 is 0 Å². The van der Waals surface area contributed by atoms with Crippen molar-refractivity contribution in [2.45, 2.75) is 130 Å². The fourth-order valence-electron chi connectivity index (χ4n) is 7.36. The molecule has 0 bridgehead atoms. The number of alkyl carbamates (subject to hydrolysis) is 4. The van der Waals surface area contributed by atoms with Gasteiger partial charge in [-0.05, 0) is 148 Å². The number of hydrogen-bond donors (Lipinski definition) is 7. The van der Waals surface area contributed by atoms with E-state index in [0.29, 0.717) is 18.8 Å². The maximum Gasteiger partial charge on any atom is 0.407 e. The Morgan fingerprint density at radius 3 is 1.12 bits per heavy atom. The predicted octanol–water partition coefficient (Wildman–Crippen LogP) is 5.77. The Kier molecular flexibility index (Phi) is 28.9. The second kappa shape index (κ2) is 34.3. The topological polar surface area (TPSA) is 284 Å². The van der Waals surface area contributed by atoms with Crippen LogP contribution in [0.15, 0.2) is 78.4 Å². The van der Waals surface area contributed by atoms with Gasteiger partial charge in [-0.1, -0.05) is 24.3 Å². The zero-order chi connectivity index (χ0) is 63.5. The van der Waals surface area contributed by atoms with E-state index in [1.807, 2.05) is 52.5 Å². The molecule has 472 valence electrons. The molecule has 0 aromatic heterocycles. The van der Waals surface area contributed by atoms with Crippen LogP contribution in [0.5, 0.6) is 5.75 Å². The lowest BCUT2D eigenvalue weighted by atomic mass is 9.90. The molecule has 24 nitrogen and oxygen atoms in total. The lowest BCUT2D eigenvalue weighted by Crippen LogP contribution is -2.47. The van der Waals surface area contributed by atoms with Gasteiger partial charge in [0.15, 0.2) is 5.71 Å². The van der Waals surface area contributed by atoms with Crippen LogP contribution in [-0.2, 0) is 47.5 Å². The number of anilines is 1. The molecule has 85 heavy (non-hydrogen) atoms. The quantitative estimate of drug-likeness (QED) is 0.0289. The van der Waals surface area contributed by atoms with E-state index in [-0.39, 0.29) is 45.8 Å². The van der Waals surface area contributed by atoms with Gasteiger partial charge < -0.3 is 80.0 Å². The van der Waals surface area contributed by atoms with Gasteiger partial charge in [0, 0.05) is 77.7 Å². The molecule has 0 aliphatic heterocycles. The van der Waals surface area contributed by atoms with Gasteiger partial charge in [0.1, 0.15) is 62.1 Å². The maximum absolute atomic E-state index is 13.3. The Bertz CT molecular complexity index is 2470. The second-order valence-corrected chi connectivity index (χ2v) is 24.3. The maximum atomic E-state index is 13.3. The van der Waals surface area contributed by atoms with Crippen LogP contribution in [0.4, 0.5) is 24.9 Å². The van der Waals surface area contributed by atoms with E-state index in [4.69, 9.17) is 37.9 Å². The molecule has 1 aliphatic rings. The average Bonchev–Trinajstić information content (AvgIpc) is 3.56. The molecule has 0 saturated heterocycles. The Hall–Kier alpha value is -7.70. The van der Waals surface area contributed by atoms with Crippen molar-refractivity contribution in [2.24, 2.45) is 0 Å². The lowest BCUT2D eigenvalue weighted by Gasteiger charge is -2.24. The van der Waals surface area contributed by atoms with Gasteiger partial charge in [0.25, 0.3) is 0 Å². The molecule has 0 saturated carbocycles. The Balaban J connectivity index is 1.67. The number of nitrogens with zero attached hydrogens (tertiary/aromatic N) is 2. The zero-order valence-corrected chi connectivity index (χ0v) is 52.7. The molecule has 0 spiro atoms. The molecule has 0 atom stereocenters. The standard InChI is InChI=1S/C61H93N9O15/c1-58(2,3)82-54(74)65-34-48(35-66-55(75)83-59(4,5)6)80-39-51(72)63-32-47(33-64-52(73)40-81-49(36-67-56(76)84-60(7,8)9)37-68-57(77)85-61(10,11)12)79-38-50(71)62-30-17-31-78-46-28-22-43(23-29-46)53(41-18-24-44(25-19-41)69(13)14)42-20-26-45(27-21-42)70(15)16/h18-29,47-49H,17,30-40H2,1-16H3,(H6-,62,63,64,65,66,67,68,71,72,73,74,75,76,77)/p+1. The largest absolute Gasteiger partial charge is 0.494 e. The Morgan fingerprint density at radius 1 is 0.459 bits per heavy atom. The molecular weight excluding hydrogens is 1100 g/mol. The van der Waals surface area contributed by atoms with E-state index >= 15 is 0 Å². The summed E-state index contributed by atoms with van der Waals surface area (Å²) in [6, 6.07) is 16.3. The van der Waals surface area contributed by atoms with Crippen LogP contribution in [0.1, 0.15) is 101 Å². The normalized spacial score (nSPS) is 12.5. The lowest BCUT2D eigenvalue weighted by molar-refractivity contribution is -0.462. The smallest absolute Gasteiger partial charge is 0.407 e. The van der Waals surface area contributed by atoms with E-state index in [2.05, 4.69) is 95.3 Å². The highest BCUT2D eigenvalue weighted by Gasteiger charge is 2.25. The molecule has 7 amide bonds. The number of hydrogen-bond acceptors (Lipinski definition) is 16. The first-order valence-corrected chi connectivity index (χ1v) is 28.3. The van der Waals surface area contributed by atoms with Crippen molar-refractivity contribution in [3.05, 3.63) is 89.5 Å². The minimum Gasteiger partial charge on any atom is -0.494 e. The van der Waals surface area contributed by atoms with E-state index < -0.39 is 103 Å². The van der Waals surface area contributed by atoms with Crippen molar-refractivity contribution < 1.29 is 76.0 Å². The van der Waals surface area contributed by atoms with Crippen LogP contribution in [0.3, 0.4) is 0 Å². The molecule has 0 radical (unpaired) electrons. The third kappa shape index (κ3) is 31.7. The summed E-state index contributed by atoms with van der Waals surface area (Å²) in [5.41, 5.74) is 3.25. The van der Waals surface area contributed by atoms with Gasteiger partial charge >= 0.3 is 24.4 Å². The van der Waals surface area contributed by atoms with Crippen molar-refractivity contribution in [2.75, 3.05) is 105 Å². The molecule has 1 aliphatic carbocycles. The highest BCUT2D eigenvalue weighted by Crippen LogP contribution is 2.32. The van der Waals surface area contributed by atoms with Crippen molar-refractivity contribution in [1.82, 2.24) is 37.2 Å². The summed E-state index contributed by atoms with van der Waals surface area (Å²) in [6.07, 6.45) is 3.11. The minimum atomic E-state index is -0.977. The second-order valence-electron chi connectivity index (χ2n) is 24.3. The summed E-state index contributed by atoms with van der Waals surface area (Å²) in [7, 11) is 8.03. The number of ether oxygens (including phenoxy) is 8. The minimum absolute atomic E-state index is 0.151. The fraction of sp³-hybridized carbons (Fsp3) is 0.574. The summed E-state index contributed by atoms with van der Waals surface area (Å²) < 4.78 is 46.9. The first-order valence-electron chi connectivity index (χ1n) is 28.3. The van der Waals surface area contributed by atoms with Crippen molar-refractivity contribution in [3.63, 3.8) is 0 Å². The predicted molar refractivity (Wildman–Crippen MR) is 324 cm³/mol. The number of allylic oxidation sites excluding steroid dienone is 5. The summed E-state index contributed by atoms with van der Waals surface area (Å²) >= 11 is 0. The molecule has 2 aromatic rings. The fourth-order valence-corrected chi connectivity index (χ4v) is 7.36. The molecule has 0 heterocycles. The van der Waals surface area contributed by atoms with Gasteiger partial charge in [-0.2, -0.15) is 0 Å². The van der Waals surface area contributed by atoms with E-state index in [1.165, 1.54) is 0 Å². The van der Waals surface area contributed by atoms with Crippen LogP contribution in [0, 0.1) is 0 Å². The van der Waals surface area contributed by atoms with Gasteiger partial charge in [-0.3, -0.25) is 14.4 Å². The number of nitrogens with one attached hydrogen (secondary N) is 7. The Morgan fingerprint density at radius 2 is 0.788 bits per heavy atom. The van der Waals surface area contributed by atoms with Crippen LogP contribution in [0.2, 0.25) is 0 Å². The van der Waals surface area contributed by atoms with Gasteiger partial charge in [-0.25, -0.2) is 23.8 Å². The van der Waals surface area contributed by atoms with Crippen molar-refractivity contribution in [3.8, 4) is 5.75 Å². The van der Waals surface area contributed by atoms with E-state index in [9.17, 15) is 33.6 Å². The summed E-state index contributed by atoms with van der Waals surface area (Å²) in [4.78, 5) is 91.5. The molecule has 3 rings (SSSR count). The number of benzene rings is 2. The van der Waals surface area contributed by atoms with Gasteiger partial charge in [-0.15, -0.1) is 0 Å². The van der Waals surface area contributed by atoms with Gasteiger partial charge in [0.2, 0.25) is 17.7 Å². The molecular formula is C61H94N9O15+. The SMILES string of the molecule is CN(C)c1ccc(C(=C2C=CC(=[N+](C)C)C=C2)c2ccc(OCCCNC(=O)COC(CNC(=O)COC(CNC(=O)OC(C)(C)C)CNC(=O)OC(C)(C)C)CNC(=O)COC(CNC(=O)OC(C)(C)C)CNC(=O)OC(C)(C)C)cc2)cc1. The summed E-state index contributed by atoms with van der Waals surface area (Å²) in [5, 5.41) is 18.4. The summed E-state index contributed by atoms with van der Waals surface area (Å²) in [6.45, 7) is 18.3. The highest BCUT2D eigenvalue weighted by molar-refractivity contribution is 6.04. The monoisotopic (exact) mass is 1190 g/mol. The molecule has 24 heteroatoms. The molecule has 0 unspecified atom stereocenters. The van der Waals surface area contributed by atoms with E-state index in [1.54, 1.807) is 83.1 Å². The number of rotatable bonds is 29. The zero-order valence-electron chi connectivity index (χ0n) is 52.7. The van der Waals surface area contributed by atoms with Crippen molar-refractivity contribution in [1.29, 1.82) is 0 Å². The van der Waals surface area contributed by atoms with Crippen molar-refractivity contribution >= 4 is 59.1 Å². The number of carbonyl (C=O) groups excluding carboxylic acids is 7. The molecule has 2 aromatic carbocycles. The average molecular weight is 1190 g/mol. The first kappa shape index (κ1) is 71.6. The molecule has 7 N–H and O–H groups in total. The van der Waals surface area contributed by atoms with Crippen LogP contribution in [-0.4, -0.2) is 194 Å². The van der Waals surface area contributed by atoms with Gasteiger partial charge in [0.05, 0.1) is 24.9 Å². The molecule has 0 fully saturated rings. The van der Waals surface area contributed by atoms with Crippen LogP contribution < -0.4 is 46.9 Å². The number of amides is 7. The first-order chi connectivity index (χ1) is 39.6. The number of carbonyl (C=O) groups is 7. The Labute approximate surface area is 501 Å². The van der Waals surface area contributed by atoms with E-state index in [0.717, 1.165) is 33.7 Å². The van der Waals surface area contributed by atoms with Crippen LogP contribution in [0.25, 0.3) is 5.57 Å². The summed E-state index contributed by atoms with van der Waals surface area (Å²) in [5.74, 6) is -1.09. The highest BCUT2D eigenvalue weighted by atomic mass is 16.6.